The van der Waals surface area contributed by atoms with Crippen LogP contribution in [0.3, 0.4) is 0 Å². The fourth-order valence-corrected chi connectivity index (χ4v) is 6.53. The zero-order chi connectivity index (χ0) is 38.9. The number of aromatic nitrogens is 1. The molecule has 294 valence electrons. The van der Waals surface area contributed by atoms with Gasteiger partial charge in [-0.15, -0.1) is 0 Å². The van der Waals surface area contributed by atoms with E-state index in [2.05, 4.69) is 83.6 Å². The largest absolute Gasteiger partial charge is 0.494 e. The van der Waals surface area contributed by atoms with Crippen molar-refractivity contribution in [2.75, 3.05) is 44.2 Å². The van der Waals surface area contributed by atoms with Crippen molar-refractivity contribution < 1.29 is 14.3 Å². The van der Waals surface area contributed by atoms with Crippen LogP contribution < -0.4 is 15.2 Å². The van der Waals surface area contributed by atoms with Gasteiger partial charge in [-0.25, -0.2) is 0 Å². The first kappa shape index (κ1) is 43.4. The summed E-state index contributed by atoms with van der Waals surface area (Å²) in [6.07, 6.45) is 34.4. The number of unbranched alkanes of at least 4 members (excludes halogenated alkanes) is 1. The van der Waals surface area contributed by atoms with Gasteiger partial charge in [0.25, 0.3) is 5.56 Å². The molecule has 1 aromatic heterocycles. The van der Waals surface area contributed by atoms with Gasteiger partial charge in [-0.05, 0) is 100 Å². The number of hydrogen-bond acceptors (Lipinski definition) is 6. The molecule has 0 aliphatic carbocycles. The summed E-state index contributed by atoms with van der Waals surface area (Å²) >= 11 is 12.6. The van der Waals surface area contributed by atoms with Gasteiger partial charge >= 0.3 is 5.97 Å². The summed E-state index contributed by atoms with van der Waals surface area (Å²) < 4.78 is 13.1. The highest BCUT2D eigenvalue weighted by Gasteiger charge is 2.19. The van der Waals surface area contributed by atoms with Crippen molar-refractivity contribution >= 4 is 45.8 Å². The molecule has 0 bridgehead atoms. The lowest BCUT2D eigenvalue weighted by Gasteiger charge is -2.36. The topological polar surface area (TPSA) is 64.0 Å². The number of pyridine rings is 1. The molecule has 0 saturated carbocycles. The Kier molecular flexibility index (Phi) is 20.3. The molecule has 0 amide bonds. The van der Waals surface area contributed by atoms with E-state index in [0.29, 0.717) is 34.3 Å². The van der Waals surface area contributed by atoms with Gasteiger partial charge in [-0.1, -0.05) is 109 Å². The number of rotatable bonds is 23. The molecule has 1 fully saturated rings. The molecule has 2 aromatic carbocycles. The molecular weight excluding hydrogens is 729 g/mol. The predicted molar refractivity (Wildman–Crippen MR) is 232 cm³/mol. The second-order valence-corrected chi connectivity index (χ2v) is 14.2. The van der Waals surface area contributed by atoms with Gasteiger partial charge in [-0.2, -0.15) is 0 Å². The molecule has 2 heterocycles. The zero-order valence-electron chi connectivity index (χ0n) is 32.3. The molecule has 0 unspecified atom stereocenters. The van der Waals surface area contributed by atoms with E-state index in [1.54, 1.807) is 6.07 Å². The van der Waals surface area contributed by atoms with Gasteiger partial charge in [0, 0.05) is 44.7 Å². The monoisotopic (exact) mass is 785 g/mol. The van der Waals surface area contributed by atoms with E-state index in [-0.39, 0.29) is 24.7 Å². The van der Waals surface area contributed by atoms with Crippen LogP contribution in [-0.4, -0.2) is 54.8 Å². The first-order chi connectivity index (χ1) is 27.0. The lowest BCUT2D eigenvalue weighted by atomic mass is 10.2. The standard InChI is InChI=1S/C46H57Cl2N3O4/c1-2-3-4-5-6-7-8-9-10-11-12-13-14-15-16-17-18-19-20-26-45(53)55-38-51-43-37-40(29-27-39(43)28-30-44(51)52)54-36-22-21-31-49-32-34-50(35-33-49)42-25-23-24-41(47)46(42)48/h3-4,6-7,9-10,12-13,15-16,18-19,23-25,27-30,37H,2,5,8,11,14,17,20-22,26,31-36,38H2,1H3. The third kappa shape index (κ3) is 16.1. The summed E-state index contributed by atoms with van der Waals surface area (Å²) in [7, 11) is 0. The number of hydrogen-bond donors (Lipinski definition) is 0. The number of carbonyl (C=O) groups excluding carboxylic acids is 1. The van der Waals surface area contributed by atoms with Crippen LogP contribution in [0.1, 0.15) is 71.1 Å². The molecule has 1 saturated heterocycles. The fourth-order valence-electron chi connectivity index (χ4n) is 6.12. The van der Waals surface area contributed by atoms with Crippen LogP contribution >= 0.6 is 23.2 Å². The van der Waals surface area contributed by atoms with Gasteiger partial charge in [0.2, 0.25) is 0 Å². The molecule has 7 nitrogen and oxygen atoms in total. The first-order valence-corrected chi connectivity index (χ1v) is 20.4. The van der Waals surface area contributed by atoms with Gasteiger partial charge < -0.3 is 14.4 Å². The highest BCUT2D eigenvalue weighted by Crippen LogP contribution is 2.33. The highest BCUT2D eigenvalue weighted by atomic mass is 35.5. The van der Waals surface area contributed by atoms with Crippen LogP contribution in [0.25, 0.3) is 10.9 Å². The van der Waals surface area contributed by atoms with Crippen molar-refractivity contribution in [3.63, 3.8) is 0 Å². The third-order valence-corrected chi connectivity index (χ3v) is 10.0. The SMILES string of the molecule is CCC=CCC=CCC=CCC=CCC=CCC=CCCC(=O)OCn1c(=O)ccc2ccc(OCCCCN3CCN(c4cccc(Cl)c4Cl)CC3)cc21. The summed E-state index contributed by atoms with van der Waals surface area (Å²) in [5, 5.41) is 2.08. The van der Waals surface area contributed by atoms with E-state index in [9.17, 15) is 9.59 Å². The van der Waals surface area contributed by atoms with Crippen LogP contribution in [-0.2, 0) is 16.3 Å². The second-order valence-electron chi connectivity index (χ2n) is 13.4. The van der Waals surface area contributed by atoms with Crippen LogP contribution in [0.4, 0.5) is 5.69 Å². The van der Waals surface area contributed by atoms with E-state index in [1.165, 1.54) is 10.6 Å². The molecule has 0 spiro atoms. The first-order valence-electron chi connectivity index (χ1n) is 19.7. The number of carbonyl (C=O) groups is 1. The quantitative estimate of drug-likeness (QED) is 0.0542. The molecule has 4 rings (SSSR count). The van der Waals surface area contributed by atoms with Gasteiger partial charge in [-0.3, -0.25) is 19.1 Å². The number of piperazine rings is 1. The van der Waals surface area contributed by atoms with E-state index >= 15 is 0 Å². The Hall–Kier alpha value is -4.30. The van der Waals surface area contributed by atoms with Crippen molar-refractivity contribution in [1.82, 2.24) is 9.47 Å². The highest BCUT2D eigenvalue weighted by molar-refractivity contribution is 6.43. The van der Waals surface area contributed by atoms with Gasteiger partial charge in [0.15, 0.2) is 6.73 Å². The Morgan fingerprint density at radius 1 is 0.745 bits per heavy atom. The van der Waals surface area contributed by atoms with E-state index < -0.39 is 0 Å². The van der Waals surface area contributed by atoms with Crippen LogP contribution in [0.15, 0.2) is 126 Å². The smallest absolute Gasteiger partial charge is 0.307 e. The Morgan fingerprint density at radius 3 is 2.02 bits per heavy atom. The number of ether oxygens (including phenoxy) is 2. The van der Waals surface area contributed by atoms with Crippen molar-refractivity contribution in [3.05, 3.63) is 142 Å². The minimum Gasteiger partial charge on any atom is -0.494 e. The molecule has 55 heavy (non-hydrogen) atoms. The minimum absolute atomic E-state index is 0.140. The number of halogens is 2. The summed E-state index contributed by atoms with van der Waals surface area (Å²) in [6.45, 7) is 7.35. The lowest BCUT2D eigenvalue weighted by molar-refractivity contribution is -0.147. The number of allylic oxidation sites excluding steroid dienone is 12. The van der Waals surface area contributed by atoms with Crippen molar-refractivity contribution in [2.24, 2.45) is 0 Å². The van der Waals surface area contributed by atoms with Crippen molar-refractivity contribution in [1.29, 1.82) is 0 Å². The molecule has 0 atom stereocenters. The lowest BCUT2D eigenvalue weighted by Crippen LogP contribution is -2.46. The molecule has 0 N–H and O–H groups in total. The Labute approximate surface area is 337 Å². The van der Waals surface area contributed by atoms with Crippen LogP contribution in [0.2, 0.25) is 10.0 Å². The molecular formula is C46H57Cl2N3O4. The number of benzene rings is 2. The van der Waals surface area contributed by atoms with Crippen molar-refractivity contribution in [3.8, 4) is 5.75 Å². The predicted octanol–water partition coefficient (Wildman–Crippen LogP) is 11.3. The average Bonchev–Trinajstić information content (AvgIpc) is 3.19. The van der Waals surface area contributed by atoms with E-state index in [1.807, 2.05) is 42.5 Å². The van der Waals surface area contributed by atoms with Gasteiger partial charge in [0.05, 0.1) is 27.9 Å². The summed E-state index contributed by atoms with van der Waals surface area (Å²) in [4.78, 5) is 30.0. The molecule has 1 aliphatic heterocycles. The summed E-state index contributed by atoms with van der Waals surface area (Å²) in [5.74, 6) is 0.341. The summed E-state index contributed by atoms with van der Waals surface area (Å²) in [5.41, 5.74) is 1.44. The Balaban J connectivity index is 1.08. The Morgan fingerprint density at radius 2 is 1.36 bits per heavy atom. The van der Waals surface area contributed by atoms with E-state index in [4.69, 9.17) is 32.7 Å². The normalized spacial score (nSPS) is 14.3. The zero-order valence-corrected chi connectivity index (χ0v) is 33.8. The maximum atomic E-state index is 12.8. The van der Waals surface area contributed by atoms with Crippen LogP contribution in [0, 0.1) is 0 Å². The maximum absolute atomic E-state index is 12.8. The average molecular weight is 787 g/mol. The van der Waals surface area contributed by atoms with Crippen LogP contribution in [0.5, 0.6) is 5.75 Å². The molecule has 1 aliphatic rings. The number of anilines is 1. The minimum atomic E-state index is -0.342. The van der Waals surface area contributed by atoms with Gasteiger partial charge in [0.1, 0.15) is 5.75 Å². The Bertz CT molecular complexity index is 1850. The number of fused-ring (bicyclic) bond motifs is 1. The molecule has 9 heteroatoms. The summed E-state index contributed by atoms with van der Waals surface area (Å²) in [6, 6.07) is 14.7. The number of esters is 1. The van der Waals surface area contributed by atoms with Crippen molar-refractivity contribution in [2.45, 2.75) is 77.9 Å². The molecule has 0 radical (unpaired) electrons. The molecule has 3 aromatic rings. The third-order valence-electron chi connectivity index (χ3n) is 9.21. The fraction of sp³-hybridized carbons (Fsp3) is 0.391. The van der Waals surface area contributed by atoms with E-state index in [0.717, 1.165) is 95.2 Å². The number of nitrogens with zero attached hydrogens (tertiary/aromatic N) is 3. The maximum Gasteiger partial charge on any atom is 0.307 e. The second kappa shape index (κ2) is 25.7.